The molecule has 2 rings (SSSR count). The Balaban J connectivity index is 2.48. The molecule has 118 valence electrons. The summed E-state index contributed by atoms with van der Waals surface area (Å²) < 4.78 is 0. The summed E-state index contributed by atoms with van der Waals surface area (Å²) >= 11 is 0. The first kappa shape index (κ1) is 16.8. The maximum atomic E-state index is 12.4. The van der Waals surface area contributed by atoms with Crippen molar-refractivity contribution in [2.24, 2.45) is 5.92 Å². The van der Waals surface area contributed by atoms with Gasteiger partial charge in [-0.1, -0.05) is 60.4 Å². The Morgan fingerprint density at radius 1 is 1.04 bits per heavy atom. The molecule has 1 N–H and O–H groups in total. The Hall–Kier alpha value is -2.57. The second-order valence-corrected chi connectivity index (χ2v) is 5.70. The third kappa shape index (κ3) is 3.80. The molecule has 23 heavy (non-hydrogen) atoms. The van der Waals surface area contributed by atoms with E-state index in [0.29, 0.717) is 5.56 Å². The van der Waals surface area contributed by atoms with E-state index < -0.39 is 11.5 Å². The van der Waals surface area contributed by atoms with E-state index >= 15 is 0 Å². The second-order valence-electron chi connectivity index (χ2n) is 5.70. The smallest absolute Gasteiger partial charge is 0.229 e. The topological polar surface area (TPSA) is 40.5 Å². The van der Waals surface area contributed by atoms with Crippen LogP contribution in [-0.4, -0.2) is 30.0 Å². The molecule has 0 saturated heterocycles. The largest absolute Gasteiger partial charge is 0.372 e. The van der Waals surface area contributed by atoms with Crippen molar-refractivity contribution in [2.75, 3.05) is 14.1 Å². The fourth-order valence-electron chi connectivity index (χ4n) is 2.38. The lowest BCUT2D eigenvalue weighted by Gasteiger charge is -2.30. The van der Waals surface area contributed by atoms with E-state index in [0.717, 1.165) is 5.56 Å². The van der Waals surface area contributed by atoms with Crippen LogP contribution in [0.4, 0.5) is 0 Å². The van der Waals surface area contributed by atoms with Gasteiger partial charge in [-0.2, -0.15) is 0 Å². The predicted octanol–water partition coefficient (Wildman–Crippen LogP) is 2.65. The lowest BCUT2D eigenvalue weighted by molar-refractivity contribution is -0.139. The van der Waals surface area contributed by atoms with Crippen molar-refractivity contribution in [1.82, 2.24) is 4.90 Å². The molecule has 0 fully saturated rings. The lowest BCUT2D eigenvalue weighted by atomic mass is 9.81. The van der Waals surface area contributed by atoms with Crippen molar-refractivity contribution < 1.29 is 9.90 Å². The quantitative estimate of drug-likeness (QED) is 0.886. The molecule has 0 aromatic heterocycles. The third-order valence-electron chi connectivity index (χ3n) is 3.82. The molecule has 3 nitrogen and oxygen atoms in total. The van der Waals surface area contributed by atoms with Gasteiger partial charge in [0, 0.05) is 19.7 Å². The molecule has 1 amide bonds. The van der Waals surface area contributed by atoms with Gasteiger partial charge in [0.2, 0.25) is 5.91 Å². The molecule has 0 radical (unpaired) electrons. The Morgan fingerprint density at radius 2 is 1.57 bits per heavy atom. The zero-order chi connectivity index (χ0) is 16.9. The van der Waals surface area contributed by atoms with Gasteiger partial charge in [-0.25, -0.2) is 0 Å². The van der Waals surface area contributed by atoms with Crippen molar-refractivity contribution >= 4 is 5.91 Å². The number of amides is 1. The molecule has 0 saturated carbocycles. The number of aliphatic hydroxyl groups is 1. The van der Waals surface area contributed by atoms with Crippen LogP contribution in [0.2, 0.25) is 0 Å². The van der Waals surface area contributed by atoms with Gasteiger partial charge in [0.1, 0.15) is 0 Å². The van der Waals surface area contributed by atoms with Crippen LogP contribution in [0.3, 0.4) is 0 Å². The zero-order valence-electron chi connectivity index (χ0n) is 13.7. The molecule has 0 aliphatic heterocycles. The van der Waals surface area contributed by atoms with Gasteiger partial charge < -0.3 is 10.0 Å². The molecular weight excluding hydrogens is 286 g/mol. The second kappa shape index (κ2) is 7.13. The molecule has 0 aliphatic rings. The molecule has 2 atom stereocenters. The van der Waals surface area contributed by atoms with Gasteiger partial charge in [0.25, 0.3) is 0 Å². The van der Waals surface area contributed by atoms with E-state index in [9.17, 15) is 9.90 Å². The highest BCUT2D eigenvalue weighted by Gasteiger charge is 2.39. The number of carbonyl (C=O) groups excluding carboxylic acids is 1. The minimum atomic E-state index is -1.54. The van der Waals surface area contributed by atoms with Crippen LogP contribution in [0.1, 0.15) is 18.1 Å². The fraction of sp³-hybridized carbons (Fsp3) is 0.250. The van der Waals surface area contributed by atoms with Crippen LogP contribution in [0.25, 0.3) is 0 Å². The third-order valence-corrected chi connectivity index (χ3v) is 3.82. The maximum absolute atomic E-state index is 12.4. The lowest BCUT2D eigenvalue weighted by Crippen LogP contribution is -2.42. The van der Waals surface area contributed by atoms with Crippen molar-refractivity contribution in [3.63, 3.8) is 0 Å². The Morgan fingerprint density at radius 3 is 2.09 bits per heavy atom. The molecule has 0 bridgehead atoms. The van der Waals surface area contributed by atoms with Gasteiger partial charge in [-0.15, -0.1) is 0 Å². The number of rotatable bonds is 3. The number of hydrogen-bond acceptors (Lipinski definition) is 2. The normalized spacial score (nSPS) is 14.1. The first-order chi connectivity index (χ1) is 10.9. The molecule has 0 heterocycles. The van der Waals surface area contributed by atoms with Gasteiger partial charge in [-0.3, -0.25) is 4.79 Å². The number of carbonyl (C=O) groups is 1. The molecule has 2 aromatic carbocycles. The highest BCUT2D eigenvalue weighted by molar-refractivity contribution is 5.80. The summed E-state index contributed by atoms with van der Waals surface area (Å²) in [5.41, 5.74) is -0.129. The summed E-state index contributed by atoms with van der Waals surface area (Å²) in [4.78, 5) is 13.8. The average Bonchev–Trinajstić information content (AvgIpc) is 2.60. The Bertz CT molecular complexity index is 714. The van der Waals surface area contributed by atoms with E-state index in [-0.39, 0.29) is 5.91 Å². The first-order valence-electron chi connectivity index (χ1n) is 7.52. The molecule has 0 aliphatic carbocycles. The average molecular weight is 307 g/mol. The van der Waals surface area contributed by atoms with Gasteiger partial charge in [0.15, 0.2) is 5.60 Å². The van der Waals surface area contributed by atoms with Crippen LogP contribution >= 0.6 is 0 Å². The van der Waals surface area contributed by atoms with Crippen molar-refractivity contribution in [3.05, 3.63) is 71.8 Å². The van der Waals surface area contributed by atoms with Gasteiger partial charge >= 0.3 is 0 Å². The summed E-state index contributed by atoms with van der Waals surface area (Å²) in [5.74, 6) is 5.06. The van der Waals surface area contributed by atoms with Crippen molar-refractivity contribution in [1.29, 1.82) is 0 Å². The highest BCUT2D eigenvalue weighted by atomic mass is 16.3. The standard InChI is InChI=1S/C20H21NO2/c1-16(19(22)21(2)3)20(23,18-12-8-5-9-13-18)15-14-17-10-6-4-7-11-17/h4-13,16,23H,1-3H3/t16-,20+/m0/s1. The Kier molecular flexibility index (Phi) is 5.20. The zero-order valence-corrected chi connectivity index (χ0v) is 13.7. The summed E-state index contributed by atoms with van der Waals surface area (Å²) in [7, 11) is 3.35. The number of benzene rings is 2. The molecule has 2 aromatic rings. The van der Waals surface area contributed by atoms with Crippen LogP contribution < -0.4 is 0 Å². The van der Waals surface area contributed by atoms with E-state index in [4.69, 9.17) is 0 Å². The first-order valence-corrected chi connectivity index (χ1v) is 7.52. The monoisotopic (exact) mass is 307 g/mol. The van der Waals surface area contributed by atoms with Crippen molar-refractivity contribution in [2.45, 2.75) is 12.5 Å². The SMILES string of the molecule is C[C@@H](C(=O)N(C)C)[C@](O)(C#Cc1ccccc1)c1ccccc1. The maximum Gasteiger partial charge on any atom is 0.229 e. The fourth-order valence-corrected chi connectivity index (χ4v) is 2.38. The summed E-state index contributed by atoms with van der Waals surface area (Å²) in [6, 6.07) is 18.5. The van der Waals surface area contributed by atoms with Gasteiger partial charge in [0.05, 0.1) is 5.92 Å². The van der Waals surface area contributed by atoms with Gasteiger partial charge in [-0.05, 0) is 24.6 Å². The van der Waals surface area contributed by atoms with Crippen LogP contribution in [0.5, 0.6) is 0 Å². The van der Waals surface area contributed by atoms with Crippen molar-refractivity contribution in [3.8, 4) is 11.8 Å². The summed E-state index contributed by atoms with van der Waals surface area (Å²) in [5, 5.41) is 11.2. The Labute approximate surface area is 137 Å². The number of nitrogens with zero attached hydrogens (tertiary/aromatic N) is 1. The van der Waals surface area contributed by atoms with E-state index in [1.54, 1.807) is 33.2 Å². The van der Waals surface area contributed by atoms with E-state index in [1.807, 2.05) is 48.5 Å². The van der Waals surface area contributed by atoms with Crippen LogP contribution in [0.15, 0.2) is 60.7 Å². The van der Waals surface area contributed by atoms with Crippen LogP contribution in [0, 0.1) is 17.8 Å². The summed E-state index contributed by atoms with van der Waals surface area (Å²) in [6.07, 6.45) is 0. The molecule has 0 unspecified atom stereocenters. The van der Waals surface area contributed by atoms with Crippen LogP contribution in [-0.2, 0) is 10.4 Å². The molecular formula is C20H21NO2. The molecule has 0 spiro atoms. The minimum Gasteiger partial charge on any atom is -0.372 e. The minimum absolute atomic E-state index is 0.168. The van der Waals surface area contributed by atoms with E-state index in [1.165, 1.54) is 4.90 Å². The van der Waals surface area contributed by atoms with E-state index in [2.05, 4.69) is 11.8 Å². The molecule has 3 heteroatoms. The highest BCUT2D eigenvalue weighted by Crippen LogP contribution is 2.30. The number of hydrogen-bond donors (Lipinski definition) is 1. The predicted molar refractivity (Wildman–Crippen MR) is 91.5 cm³/mol. The summed E-state index contributed by atoms with van der Waals surface area (Å²) in [6.45, 7) is 1.70.